The number of alkyl halides is 3. The molecule has 9 heteroatoms. The minimum Gasteiger partial charge on any atom is -0.496 e. The fourth-order valence-electron chi connectivity index (χ4n) is 2.59. The summed E-state index contributed by atoms with van der Waals surface area (Å²) in [5.74, 6) is -0.519. The predicted molar refractivity (Wildman–Crippen MR) is 89.4 cm³/mol. The number of hydrogen-bond donors (Lipinski definition) is 3. The Morgan fingerprint density at radius 2 is 1.77 bits per heavy atom. The molecule has 0 aliphatic carbocycles. The van der Waals surface area contributed by atoms with Crippen molar-refractivity contribution in [3.8, 4) is 5.75 Å². The molecule has 26 heavy (non-hydrogen) atoms. The zero-order valence-corrected chi connectivity index (χ0v) is 13.5. The fourth-order valence-corrected chi connectivity index (χ4v) is 2.59. The molecule has 0 fully saturated rings. The molecular formula is C17H14F3N3O3. The highest BCUT2D eigenvalue weighted by molar-refractivity contribution is 6.03. The second-order valence-corrected chi connectivity index (χ2v) is 5.59. The van der Waals surface area contributed by atoms with Crippen molar-refractivity contribution in [2.75, 3.05) is 23.1 Å². The van der Waals surface area contributed by atoms with E-state index >= 15 is 0 Å². The topological polar surface area (TPSA) is 79.5 Å². The Bertz CT molecular complexity index is 881. The number of benzene rings is 2. The molecule has 2 aromatic carbocycles. The van der Waals surface area contributed by atoms with Crippen molar-refractivity contribution in [3.63, 3.8) is 0 Å². The second kappa shape index (κ2) is 6.58. The molecule has 0 radical (unpaired) electrons. The van der Waals surface area contributed by atoms with Crippen LogP contribution in [0.25, 0.3) is 0 Å². The van der Waals surface area contributed by atoms with E-state index in [2.05, 4.69) is 16.0 Å². The number of carbonyl (C=O) groups is 2. The molecule has 0 aromatic heterocycles. The van der Waals surface area contributed by atoms with Gasteiger partial charge in [0.2, 0.25) is 5.91 Å². The van der Waals surface area contributed by atoms with Crippen molar-refractivity contribution in [1.82, 2.24) is 0 Å². The number of ether oxygens (including phenoxy) is 1. The molecule has 0 saturated carbocycles. The van der Waals surface area contributed by atoms with Gasteiger partial charge in [-0.1, -0.05) is 6.07 Å². The van der Waals surface area contributed by atoms with Crippen molar-refractivity contribution in [3.05, 3.63) is 47.5 Å². The van der Waals surface area contributed by atoms with Crippen LogP contribution in [0, 0.1) is 0 Å². The van der Waals surface area contributed by atoms with E-state index in [1.165, 1.54) is 0 Å². The van der Waals surface area contributed by atoms with Gasteiger partial charge in [-0.3, -0.25) is 4.79 Å². The lowest BCUT2D eigenvalue weighted by molar-refractivity contribution is -0.138. The number of urea groups is 1. The highest BCUT2D eigenvalue weighted by Gasteiger charge is 2.34. The Morgan fingerprint density at radius 3 is 2.42 bits per heavy atom. The SMILES string of the molecule is COc1cc(NC(=O)Nc2ccc3c(c2)NC(=O)C3)ccc1C(F)(F)F. The first-order valence-electron chi connectivity index (χ1n) is 7.52. The maximum atomic E-state index is 12.8. The van der Waals surface area contributed by atoms with E-state index in [4.69, 9.17) is 4.74 Å². The van der Waals surface area contributed by atoms with Crippen LogP contribution in [0.1, 0.15) is 11.1 Å². The summed E-state index contributed by atoms with van der Waals surface area (Å²) in [7, 11) is 1.12. The zero-order chi connectivity index (χ0) is 18.9. The third-order valence-electron chi connectivity index (χ3n) is 3.76. The first-order chi connectivity index (χ1) is 12.3. The van der Waals surface area contributed by atoms with Gasteiger partial charge in [-0.05, 0) is 29.8 Å². The average molecular weight is 365 g/mol. The van der Waals surface area contributed by atoms with Gasteiger partial charge in [-0.15, -0.1) is 0 Å². The number of rotatable bonds is 3. The lowest BCUT2D eigenvalue weighted by Gasteiger charge is -2.14. The molecule has 3 N–H and O–H groups in total. The van der Waals surface area contributed by atoms with Gasteiger partial charge in [0.15, 0.2) is 0 Å². The number of carbonyl (C=O) groups excluding carboxylic acids is 2. The number of halogens is 3. The molecular weight excluding hydrogens is 351 g/mol. The molecule has 0 spiro atoms. The Hall–Kier alpha value is -3.23. The van der Waals surface area contributed by atoms with E-state index in [0.29, 0.717) is 11.4 Å². The largest absolute Gasteiger partial charge is 0.496 e. The summed E-state index contributed by atoms with van der Waals surface area (Å²) in [4.78, 5) is 23.4. The van der Waals surface area contributed by atoms with Gasteiger partial charge in [0, 0.05) is 23.1 Å². The Labute approximate surface area is 146 Å². The van der Waals surface area contributed by atoms with Gasteiger partial charge >= 0.3 is 12.2 Å². The number of methoxy groups -OCH3 is 1. The van der Waals surface area contributed by atoms with Crippen molar-refractivity contribution in [2.24, 2.45) is 0 Å². The van der Waals surface area contributed by atoms with Crippen LogP contribution in [0.15, 0.2) is 36.4 Å². The third kappa shape index (κ3) is 3.71. The molecule has 0 bridgehead atoms. The number of nitrogens with one attached hydrogen (secondary N) is 3. The quantitative estimate of drug-likeness (QED) is 0.773. The summed E-state index contributed by atoms with van der Waals surface area (Å²) in [6.45, 7) is 0. The van der Waals surface area contributed by atoms with E-state index in [1.807, 2.05) is 0 Å². The molecule has 0 atom stereocenters. The molecule has 0 saturated heterocycles. The summed E-state index contributed by atoms with van der Waals surface area (Å²) < 4.78 is 43.3. The molecule has 136 valence electrons. The molecule has 1 aliphatic rings. The number of anilines is 3. The van der Waals surface area contributed by atoms with Crippen LogP contribution >= 0.6 is 0 Å². The summed E-state index contributed by atoms with van der Waals surface area (Å²) >= 11 is 0. The van der Waals surface area contributed by atoms with Crippen LogP contribution in [0.4, 0.5) is 35.0 Å². The Morgan fingerprint density at radius 1 is 1.12 bits per heavy atom. The number of amides is 3. The standard InChI is InChI=1S/C17H14F3N3O3/c1-26-14-8-11(4-5-12(14)17(18,19)20)22-16(25)21-10-3-2-9-6-15(24)23-13(9)7-10/h2-5,7-8H,6H2,1H3,(H,23,24)(H2,21,22,25). The number of hydrogen-bond acceptors (Lipinski definition) is 3. The molecule has 6 nitrogen and oxygen atoms in total. The van der Waals surface area contributed by atoms with E-state index in [-0.39, 0.29) is 18.0 Å². The summed E-state index contributed by atoms with van der Waals surface area (Å²) in [5, 5.41) is 7.65. The van der Waals surface area contributed by atoms with Gasteiger partial charge in [0.05, 0.1) is 19.1 Å². The monoisotopic (exact) mass is 365 g/mol. The van der Waals surface area contributed by atoms with Gasteiger partial charge in [0.25, 0.3) is 0 Å². The first kappa shape index (κ1) is 17.6. The lowest BCUT2D eigenvalue weighted by Crippen LogP contribution is -2.19. The minimum atomic E-state index is -4.55. The van der Waals surface area contributed by atoms with Crippen LogP contribution in [-0.2, 0) is 17.4 Å². The molecule has 2 aromatic rings. The number of fused-ring (bicyclic) bond motifs is 1. The summed E-state index contributed by atoms with van der Waals surface area (Å²) in [6.07, 6.45) is -4.27. The van der Waals surface area contributed by atoms with Gasteiger partial charge in [0.1, 0.15) is 5.75 Å². The molecule has 1 aliphatic heterocycles. The summed E-state index contributed by atoms with van der Waals surface area (Å²) in [5.41, 5.74) is 1.09. The summed E-state index contributed by atoms with van der Waals surface area (Å²) in [6, 6.07) is 7.36. The van der Waals surface area contributed by atoms with Crippen molar-refractivity contribution in [2.45, 2.75) is 12.6 Å². The van der Waals surface area contributed by atoms with Gasteiger partial charge in [-0.2, -0.15) is 13.2 Å². The normalized spacial score (nSPS) is 13.0. The highest BCUT2D eigenvalue weighted by Crippen LogP contribution is 2.37. The average Bonchev–Trinajstić information content (AvgIpc) is 2.92. The Kier molecular flexibility index (Phi) is 4.45. The predicted octanol–water partition coefficient (Wildman–Crippen LogP) is 3.85. The van der Waals surface area contributed by atoms with Crippen molar-refractivity contribution in [1.29, 1.82) is 0 Å². The van der Waals surface area contributed by atoms with E-state index in [1.54, 1.807) is 18.2 Å². The molecule has 1 heterocycles. The van der Waals surface area contributed by atoms with Crippen molar-refractivity contribution >= 4 is 29.0 Å². The highest BCUT2D eigenvalue weighted by atomic mass is 19.4. The van der Waals surface area contributed by atoms with Gasteiger partial charge < -0.3 is 20.7 Å². The zero-order valence-electron chi connectivity index (χ0n) is 13.5. The maximum absolute atomic E-state index is 12.8. The molecule has 0 unspecified atom stereocenters. The smallest absolute Gasteiger partial charge is 0.419 e. The third-order valence-corrected chi connectivity index (χ3v) is 3.76. The van der Waals surface area contributed by atoms with Crippen LogP contribution in [0.2, 0.25) is 0 Å². The molecule has 3 rings (SSSR count). The van der Waals surface area contributed by atoms with E-state index < -0.39 is 23.5 Å². The van der Waals surface area contributed by atoms with Crippen LogP contribution in [0.5, 0.6) is 5.75 Å². The fraction of sp³-hybridized carbons (Fsp3) is 0.176. The van der Waals surface area contributed by atoms with Gasteiger partial charge in [-0.25, -0.2) is 4.79 Å². The van der Waals surface area contributed by atoms with Crippen LogP contribution < -0.4 is 20.7 Å². The van der Waals surface area contributed by atoms with E-state index in [0.717, 1.165) is 30.9 Å². The first-order valence-corrected chi connectivity index (χ1v) is 7.52. The van der Waals surface area contributed by atoms with Crippen LogP contribution in [-0.4, -0.2) is 19.0 Å². The van der Waals surface area contributed by atoms with E-state index in [9.17, 15) is 22.8 Å². The van der Waals surface area contributed by atoms with Crippen molar-refractivity contribution < 1.29 is 27.5 Å². The maximum Gasteiger partial charge on any atom is 0.419 e. The Balaban J connectivity index is 1.71. The molecule has 3 amide bonds. The lowest BCUT2D eigenvalue weighted by atomic mass is 10.1. The van der Waals surface area contributed by atoms with Crippen LogP contribution in [0.3, 0.4) is 0 Å². The second-order valence-electron chi connectivity index (χ2n) is 5.59. The minimum absolute atomic E-state index is 0.126.